The number of carbonyl (C=O) groups is 2. The molecule has 0 bridgehead atoms. The van der Waals surface area contributed by atoms with Crippen molar-refractivity contribution in [2.24, 2.45) is 0 Å². The summed E-state index contributed by atoms with van der Waals surface area (Å²) in [6.07, 6.45) is 3.72. The van der Waals surface area contributed by atoms with E-state index in [0.29, 0.717) is 5.88 Å². The van der Waals surface area contributed by atoms with Gasteiger partial charge in [-0.1, -0.05) is 13.0 Å². The van der Waals surface area contributed by atoms with E-state index < -0.39 is 17.9 Å². The monoisotopic (exact) mass is 322 g/mol. The van der Waals surface area contributed by atoms with Crippen LogP contribution < -0.4 is 10.1 Å². The Balaban J connectivity index is 2.73. The van der Waals surface area contributed by atoms with E-state index in [4.69, 9.17) is 14.6 Å². The number of hydrogen-bond donors (Lipinski definition) is 2. The number of carbonyl (C=O) groups excluding carboxylic acids is 1. The van der Waals surface area contributed by atoms with Crippen LogP contribution in [-0.2, 0) is 9.53 Å². The Morgan fingerprint density at radius 3 is 2.87 bits per heavy atom. The van der Waals surface area contributed by atoms with Gasteiger partial charge in [-0.3, -0.25) is 4.79 Å². The maximum Gasteiger partial charge on any atom is 0.328 e. The SMILES string of the molecule is C=CCOCC(NC(=O)c1ccnc(OC(C)CC)c1)C(=O)O. The standard InChI is InChI=1S/C16H22N2O5/c1-4-8-22-10-13(16(20)21)18-15(19)12-6-7-17-14(9-12)23-11(3)5-2/h4,6-7,9,11,13H,1,5,8,10H2,2-3H3,(H,18,19)(H,20,21). The Kier molecular flexibility index (Phi) is 7.76. The van der Waals surface area contributed by atoms with E-state index in [2.05, 4.69) is 16.9 Å². The van der Waals surface area contributed by atoms with Crippen molar-refractivity contribution in [3.63, 3.8) is 0 Å². The predicted octanol–water partition coefficient (Wildman–Crippen LogP) is 1.64. The third kappa shape index (κ3) is 6.48. The summed E-state index contributed by atoms with van der Waals surface area (Å²) in [5, 5.41) is 11.5. The van der Waals surface area contributed by atoms with Crippen LogP contribution in [0.15, 0.2) is 31.0 Å². The molecular weight excluding hydrogens is 300 g/mol. The fourth-order valence-corrected chi connectivity index (χ4v) is 1.59. The molecule has 2 N–H and O–H groups in total. The number of carboxylic acids is 1. The summed E-state index contributed by atoms with van der Waals surface area (Å²) in [6.45, 7) is 7.41. The summed E-state index contributed by atoms with van der Waals surface area (Å²) in [6, 6.07) is 1.82. The fourth-order valence-electron chi connectivity index (χ4n) is 1.59. The van der Waals surface area contributed by atoms with E-state index in [0.717, 1.165) is 6.42 Å². The molecule has 1 rings (SSSR count). The van der Waals surface area contributed by atoms with Crippen LogP contribution in [-0.4, -0.2) is 47.3 Å². The van der Waals surface area contributed by atoms with Crippen molar-refractivity contribution in [2.45, 2.75) is 32.4 Å². The summed E-state index contributed by atoms with van der Waals surface area (Å²) >= 11 is 0. The highest BCUT2D eigenvalue weighted by Gasteiger charge is 2.21. The van der Waals surface area contributed by atoms with Crippen LogP contribution in [0.3, 0.4) is 0 Å². The van der Waals surface area contributed by atoms with Crippen LogP contribution in [0, 0.1) is 0 Å². The maximum absolute atomic E-state index is 12.2. The molecule has 2 unspecified atom stereocenters. The Morgan fingerprint density at radius 2 is 2.26 bits per heavy atom. The Labute approximate surface area is 135 Å². The molecule has 1 heterocycles. The molecular formula is C16H22N2O5. The Morgan fingerprint density at radius 1 is 1.52 bits per heavy atom. The lowest BCUT2D eigenvalue weighted by molar-refractivity contribution is -0.140. The van der Waals surface area contributed by atoms with Crippen molar-refractivity contribution < 1.29 is 24.2 Å². The summed E-state index contributed by atoms with van der Waals surface area (Å²) in [4.78, 5) is 27.4. The summed E-state index contributed by atoms with van der Waals surface area (Å²) in [5.41, 5.74) is 0.272. The number of pyridine rings is 1. The second-order valence-corrected chi connectivity index (χ2v) is 4.91. The first-order chi connectivity index (χ1) is 11.0. The lowest BCUT2D eigenvalue weighted by Gasteiger charge is -2.15. The van der Waals surface area contributed by atoms with E-state index in [9.17, 15) is 9.59 Å². The van der Waals surface area contributed by atoms with Crippen LogP contribution in [0.5, 0.6) is 5.88 Å². The van der Waals surface area contributed by atoms with Gasteiger partial charge in [0, 0.05) is 17.8 Å². The number of aromatic nitrogens is 1. The molecule has 0 aliphatic carbocycles. The first-order valence-electron chi connectivity index (χ1n) is 7.32. The Hall–Kier alpha value is -2.41. The van der Waals surface area contributed by atoms with Crippen molar-refractivity contribution in [2.75, 3.05) is 13.2 Å². The summed E-state index contributed by atoms with van der Waals surface area (Å²) in [5.74, 6) is -1.38. The fraction of sp³-hybridized carbons (Fsp3) is 0.438. The van der Waals surface area contributed by atoms with Gasteiger partial charge in [0.15, 0.2) is 6.04 Å². The number of rotatable bonds is 10. The zero-order valence-electron chi connectivity index (χ0n) is 13.3. The first kappa shape index (κ1) is 18.6. The number of ether oxygens (including phenoxy) is 2. The average Bonchev–Trinajstić information content (AvgIpc) is 2.53. The van der Waals surface area contributed by atoms with Crippen molar-refractivity contribution in [3.8, 4) is 5.88 Å². The van der Waals surface area contributed by atoms with E-state index in [1.165, 1.54) is 24.4 Å². The number of carboxylic acid groups (broad SMARTS) is 1. The van der Waals surface area contributed by atoms with E-state index in [1.54, 1.807) is 0 Å². The number of nitrogens with zero attached hydrogens (tertiary/aromatic N) is 1. The summed E-state index contributed by atoms with van der Waals surface area (Å²) in [7, 11) is 0. The van der Waals surface area contributed by atoms with Crippen LogP contribution in [0.2, 0.25) is 0 Å². The largest absolute Gasteiger partial charge is 0.480 e. The van der Waals surface area contributed by atoms with Crippen molar-refractivity contribution >= 4 is 11.9 Å². The Bertz CT molecular complexity index is 547. The molecule has 0 fully saturated rings. The molecule has 7 nitrogen and oxygen atoms in total. The van der Waals surface area contributed by atoms with Gasteiger partial charge < -0.3 is 19.9 Å². The van der Waals surface area contributed by atoms with Gasteiger partial charge in [0.1, 0.15) is 0 Å². The third-order valence-corrected chi connectivity index (χ3v) is 3.02. The predicted molar refractivity (Wildman–Crippen MR) is 84.5 cm³/mol. The highest BCUT2D eigenvalue weighted by molar-refractivity contribution is 5.96. The molecule has 2 atom stereocenters. The normalized spacial score (nSPS) is 13.0. The first-order valence-corrected chi connectivity index (χ1v) is 7.32. The lowest BCUT2D eigenvalue weighted by Crippen LogP contribution is -2.44. The minimum atomic E-state index is -1.17. The van der Waals surface area contributed by atoms with Crippen LogP contribution in [0.1, 0.15) is 30.6 Å². The van der Waals surface area contributed by atoms with Crippen LogP contribution in [0.25, 0.3) is 0 Å². The van der Waals surface area contributed by atoms with Crippen molar-refractivity contribution in [1.82, 2.24) is 10.3 Å². The van der Waals surface area contributed by atoms with Gasteiger partial charge in [0.25, 0.3) is 5.91 Å². The molecule has 23 heavy (non-hydrogen) atoms. The average molecular weight is 322 g/mol. The van der Waals surface area contributed by atoms with Gasteiger partial charge in [-0.25, -0.2) is 9.78 Å². The number of nitrogens with one attached hydrogen (secondary N) is 1. The van der Waals surface area contributed by atoms with Gasteiger partial charge in [0.05, 0.1) is 19.3 Å². The minimum Gasteiger partial charge on any atom is -0.480 e. The molecule has 0 saturated heterocycles. The van der Waals surface area contributed by atoms with E-state index in [1.807, 2.05) is 13.8 Å². The van der Waals surface area contributed by atoms with Crippen molar-refractivity contribution in [3.05, 3.63) is 36.5 Å². The van der Waals surface area contributed by atoms with Gasteiger partial charge >= 0.3 is 5.97 Å². The van der Waals surface area contributed by atoms with E-state index >= 15 is 0 Å². The second kappa shape index (κ2) is 9.58. The highest BCUT2D eigenvalue weighted by Crippen LogP contribution is 2.12. The molecule has 1 aromatic rings. The lowest BCUT2D eigenvalue weighted by atomic mass is 10.2. The number of aliphatic carboxylic acids is 1. The second-order valence-electron chi connectivity index (χ2n) is 4.91. The van der Waals surface area contributed by atoms with Crippen molar-refractivity contribution in [1.29, 1.82) is 0 Å². The molecule has 0 spiro atoms. The molecule has 1 aromatic heterocycles. The van der Waals surface area contributed by atoms with Gasteiger partial charge in [-0.05, 0) is 19.4 Å². The highest BCUT2D eigenvalue weighted by atomic mass is 16.5. The molecule has 0 aliphatic heterocycles. The zero-order chi connectivity index (χ0) is 17.2. The molecule has 0 aromatic carbocycles. The van der Waals surface area contributed by atoms with Gasteiger partial charge in [-0.2, -0.15) is 0 Å². The molecule has 0 saturated carbocycles. The molecule has 0 radical (unpaired) electrons. The smallest absolute Gasteiger partial charge is 0.328 e. The molecule has 1 amide bonds. The maximum atomic E-state index is 12.2. The zero-order valence-corrected chi connectivity index (χ0v) is 13.3. The van der Waals surface area contributed by atoms with Gasteiger partial charge in [0.2, 0.25) is 5.88 Å². The minimum absolute atomic E-state index is 0.0279. The van der Waals surface area contributed by atoms with E-state index in [-0.39, 0.29) is 24.9 Å². The van der Waals surface area contributed by atoms with Crippen LogP contribution in [0.4, 0.5) is 0 Å². The molecule has 0 aliphatic rings. The molecule has 126 valence electrons. The number of hydrogen-bond acceptors (Lipinski definition) is 5. The third-order valence-electron chi connectivity index (χ3n) is 3.02. The number of amides is 1. The quantitative estimate of drug-likeness (QED) is 0.502. The van der Waals surface area contributed by atoms with Gasteiger partial charge in [-0.15, -0.1) is 6.58 Å². The molecule has 7 heteroatoms. The van der Waals surface area contributed by atoms with Crippen LogP contribution >= 0.6 is 0 Å². The summed E-state index contributed by atoms with van der Waals surface area (Å²) < 4.78 is 10.6. The topological polar surface area (TPSA) is 97.8 Å².